The van der Waals surface area contributed by atoms with Gasteiger partial charge in [0, 0.05) is 30.3 Å². The van der Waals surface area contributed by atoms with Crippen LogP contribution in [-0.2, 0) is 38.1 Å². The van der Waals surface area contributed by atoms with Crippen molar-refractivity contribution in [2.24, 2.45) is 29.1 Å². The highest BCUT2D eigenvalue weighted by molar-refractivity contribution is 5.98. The lowest BCUT2D eigenvalue weighted by Gasteiger charge is -2.53. The van der Waals surface area contributed by atoms with Crippen LogP contribution in [-0.4, -0.2) is 100 Å². The van der Waals surface area contributed by atoms with Gasteiger partial charge in [-0.2, -0.15) is 0 Å². The minimum atomic E-state index is -1.39. The van der Waals surface area contributed by atoms with Crippen LogP contribution in [0.15, 0.2) is 41.5 Å². The lowest BCUT2D eigenvalue weighted by molar-refractivity contribution is -0.209. The van der Waals surface area contributed by atoms with Gasteiger partial charge in [-0.1, -0.05) is 43.7 Å². The summed E-state index contributed by atoms with van der Waals surface area (Å²) in [6, 6.07) is 5.32. The van der Waals surface area contributed by atoms with Crippen molar-refractivity contribution in [3.05, 3.63) is 52.6 Å². The van der Waals surface area contributed by atoms with E-state index in [4.69, 9.17) is 23.7 Å². The minimum absolute atomic E-state index is 0.000928. The normalized spacial score (nSPS) is 33.0. The summed E-state index contributed by atoms with van der Waals surface area (Å²) in [5, 5.41) is 26.1. The van der Waals surface area contributed by atoms with E-state index < -0.39 is 78.2 Å². The molecule has 1 aromatic carbocycles. The van der Waals surface area contributed by atoms with Crippen molar-refractivity contribution in [2.75, 3.05) is 6.61 Å². The van der Waals surface area contributed by atoms with E-state index in [2.05, 4.69) is 37.5 Å². The Hall–Kier alpha value is -3.62. The maximum Gasteiger partial charge on any atom is 0.339 e. The first kappa shape index (κ1) is 45.0. The van der Waals surface area contributed by atoms with Gasteiger partial charge in [0.1, 0.15) is 30.0 Å². The van der Waals surface area contributed by atoms with Gasteiger partial charge in [0.05, 0.1) is 36.0 Å². The largest absolute Gasteiger partial charge is 0.460 e. The van der Waals surface area contributed by atoms with Gasteiger partial charge in [-0.05, 0) is 134 Å². The molecule has 2 saturated heterocycles. The number of nitrogens with one attached hydrogen (secondary N) is 2. The van der Waals surface area contributed by atoms with E-state index in [1.54, 1.807) is 32.9 Å². The van der Waals surface area contributed by atoms with Gasteiger partial charge >= 0.3 is 11.9 Å². The molecule has 0 spiro atoms. The predicted octanol–water partition coefficient (Wildman–Crippen LogP) is 6.08. The van der Waals surface area contributed by atoms with Crippen molar-refractivity contribution in [3.8, 4) is 0 Å². The van der Waals surface area contributed by atoms with Crippen molar-refractivity contribution in [2.45, 2.75) is 185 Å². The van der Waals surface area contributed by atoms with E-state index in [9.17, 15) is 29.4 Å². The number of hydrogen-bond donors (Lipinski definition) is 4. The van der Waals surface area contributed by atoms with Crippen molar-refractivity contribution < 1.29 is 53.1 Å². The van der Waals surface area contributed by atoms with E-state index in [0.717, 1.165) is 63.4 Å². The van der Waals surface area contributed by atoms with Crippen LogP contribution in [0.1, 0.15) is 141 Å². The second-order valence-electron chi connectivity index (χ2n) is 21.2. The summed E-state index contributed by atoms with van der Waals surface area (Å²) < 4.78 is 31.6. The Labute approximate surface area is 366 Å². The molecule has 62 heavy (non-hydrogen) atoms. The predicted molar refractivity (Wildman–Crippen MR) is 229 cm³/mol. The number of benzene rings is 1. The molecule has 1 unspecified atom stereocenters. The standard InChI is InChI=1S/C49H68N2O11/c1-27(53)41(44(56)50-33(26-52)17-19-40(54)61-46(2,3)4)51-43(55)30-23-37(42-38(24-30)59-49(62-42,31-13-14-31)32-15-16-32)58-45(57)34-11-9-8-10-28(34)22-29-12-18-39-48(7,60-39)21-20-36-35(29)25-47(36,5)6/h8-11,22,24,27,31-33,35-39,41-42,52-53H,12-21,23,25-26H2,1-7H3,(H,50,56)(H,51,55)/t27-,33-,35+,36+,37+,38+,39?,41+,42-,48+/m0/s1. The molecule has 8 rings (SSSR count). The Bertz CT molecular complexity index is 1950. The number of rotatable bonds is 14. The zero-order chi connectivity index (χ0) is 44.4. The van der Waals surface area contributed by atoms with Crippen LogP contribution < -0.4 is 10.6 Å². The van der Waals surface area contributed by atoms with Gasteiger partial charge in [0.25, 0.3) is 0 Å². The summed E-state index contributed by atoms with van der Waals surface area (Å²) in [7, 11) is 0. The summed E-state index contributed by atoms with van der Waals surface area (Å²) >= 11 is 0. The Morgan fingerprint density at radius 1 is 0.968 bits per heavy atom. The maximum absolute atomic E-state index is 14.5. The highest BCUT2D eigenvalue weighted by Crippen LogP contribution is 2.61. The van der Waals surface area contributed by atoms with Gasteiger partial charge in [-0.15, -0.1) is 0 Å². The maximum atomic E-state index is 14.5. The van der Waals surface area contributed by atoms with Crippen LogP contribution >= 0.6 is 0 Å². The molecule has 340 valence electrons. The quantitative estimate of drug-likeness (QED) is 0.126. The molecule has 2 heterocycles. The van der Waals surface area contributed by atoms with Crippen LogP contribution in [0.4, 0.5) is 0 Å². The number of esters is 2. The number of allylic oxidation sites excluding steroid dienone is 1. The van der Waals surface area contributed by atoms with Crippen molar-refractivity contribution in [3.63, 3.8) is 0 Å². The smallest absolute Gasteiger partial charge is 0.339 e. The lowest BCUT2D eigenvalue weighted by Crippen LogP contribution is -2.55. The van der Waals surface area contributed by atoms with Crippen LogP contribution in [0.5, 0.6) is 0 Å². The molecule has 0 aromatic heterocycles. The van der Waals surface area contributed by atoms with Crippen LogP contribution in [0.2, 0.25) is 0 Å². The number of hydrogen-bond acceptors (Lipinski definition) is 11. The summed E-state index contributed by atoms with van der Waals surface area (Å²) in [5.41, 5.74) is 2.35. The number of carbonyl (C=O) groups is 4. The molecule has 2 amide bonds. The third kappa shape index (κ3) is 9.58. The number of aliphatic hydroxyl groups excluding tert-OH is 2. The summed E-state index contributed by atoms with van der Waals surface area (Å²) in [5.74, 6) is -1.72. The molecule has 4 saturated carbocycles. The Balaban J connectivity index is 1.00. The highest BCUT2D eigenvalue weighted by Gasteiger charge is 2.65. The average molecular weight is 861 g/mol. The zero-order valence-electron chi connectivity index (χ0n) is 37.6. The van der Waals surface area contributed by atoms with E-state index in [1.165, 1.54) is 12.5 Å². The Morgan fingerprint density at radius 3 is 2.32 bits per heavy atom. The Kier molecular flexibility index (Phi) is 12.4. The number of aliphatic hydroxyl groups is 2. The molecule has 5 aliphatic carbocycles. The third-order valence-corrected chi connectivity index (χ3v) is 14.6. The molecule has 4 N–H and O–H groups in total. The van der Waals surface area contributed by atoms with Crippen LogP contribution in [0, 0.1) is 29.1 Å². The van der Waals surface area contributed by atoms with Gasteiger partial charge in [0.15, 0.2) is 5.79 Å². The van der Waals surface area contributed by atoms with E-state index >= 15 is 0 Å². The first-order valence-corrected chi connectivity index (χ1v) is 23.2. The molecular weight excluding hydrogens is 793 g/mol. The fraction of sp³-hybridized carbons (Fsp3) is 0.714. The number of carbonyl (C=O) groups excluding carboxylic acids is 4. The average Bonchev–Trinajstić information content (AvgIpc) is 4.12. The van der Waals surface area contributed by atoms with Crippen LogP contribution in [0.3, 0.4) is 0 Å². The molecule has 1 aromatic rings. The molecule has 6 fully saturated rings. The molecule has 2 aliphatic heterocycles. The van der Waals surface area contributed by atoms with Crippen molar-refractivity contribution in [1.29, 1.82) is 0 Å². The molecule has 0 radical (unpaired) electrons. The lowest BCUT2D eigenvalue weighted by atomic mass is 9.52. The zero-order valence-corrected chi connectivity index (χ0v) is 37.6. The van der Waals surface area contributed by atoms with Crippen molar-refractivity contribution in [1.82, 2.24) is 10.6 Å². The van der Waals surface area contributed by atoms with Crippen molar-refractivity contribution >= 4 is 29.8 Å². The summed E-state index contributed by atoms with van der Waals surface area (Å²) in [6.07, 6.45) is 9.76. The van der Waals surface area contributed by atoms with E-state index in [1.807, 2.05) is 18.2 Å². The molecule has 0 bridgehead atoms. The minimum Gasteiger partial charge on any atom is -0.460 e. The van der Waals surface area contributed by atoms with E-state index in [-0.39, 0.29) is 53.8 Å². The molecule has 13 nitrogen and oxygen atoms in total. The molecule has 13 heteroatoms. The molecule has 10 atom stereocenters. The third-order valence-electron chi connectivity index (χ3n) is 14.6. The van der Waals surface area contributed by atoms with Gasteiger partial charge < -0.3 is 44.5 Å². The van der Waals surface area contributed by atoms with Crippen LogP contribution in [0.25, 0.3) is 6.08 Å². The highest BCUT2D eigenvalue weighted by atomic mass is 16.8. The fourth-order valence-corrected chi connectivity index (χ4v) is 10.8. The molecule has 7 aliphatic rings. The topological polar surface area (TPSA) is 182 Å². The summed E-state index contributed by atoms with van der Waals surface area (Å²) in [6.45, 7) is 13.1. The van der Waals surface area contributed by atoms with Gasteiger partial charge in [-0.3, -0.25) is 14.4 Å². The number of epoxide rings is 1. The number of amides is 2. The molecular formula is C49H68N2O11. The second kappa shape index (κ2) is 17.1. The fourth-order valence-electron chi connectivity index (χ4n) is 10.8. The number of fused-ring (bicyclic) bond motifs is 3. The Morgan fingerprint density at radius 2 is 1.68 bits per heavy atom. The number of ether oxygens (including phenoxy) is 5. The SMILES string of the molecule is C[C@H](O)[C@@H](NC(=O)C1=C[C@H]2OC(C3CC3)(C3CC3)O[C@H]2[C@H](OC(=O)c2ccccc2C=C2CCC3O[C@]3(C)CC[C@@H]3[C@@H]2CC3(C)C)C1)C(=O)N[C@H](CO)CCC(=O)OC(C)(C)C. The van der Waals surface area contributed by atoms with E-state index in [0.29, 0.717) is 17.4 Å². The monoisotopic (exact) mass is 860 g/mol. The van der Waals surface area contributed by atoms with Gasteiger partial charge in [-0.25, -0.2) is 4.79 Å². The first-order valence-electron chi connectivity index (χ1n) is 23.2. The first-order chi connectivity index (χ1) is 29.3. The second-order valence-corrected chi connectivity index (χ2v) is 21.2. The van der Waals surface area contributed by atoms with Gasteiger partial charge in [0.2, 0.25) is 11.8 Å². The summed E-state index contributed by atoms with van der Waals surface area (Å²) in [4.78, 5) is 54.4.